The quantitative estimate of drug-likeness (QED) is 0.783. The van der Waals surface area contributed by atoms with E-state index < -0.39 is 5.60 Å². The summed E-state index contributed by atoms with van der Waals surface area (Å²) in [5, 5.41) is 11.2. The third kappa shape index (κ3) is 4.23. The number of aromatic nitrogens is 1. The number of anilines is 1. The minimum Gasteiger partial charge on any atom is -0.376 e. The molecule has 4 fully saturated rings. The highest BCUT2D eigenvalue weighted by Crippen LogP contribution is 2.35. The predicted molar refractivity (Wildman–Crippen MR) is 121 cm³/mol. The van der Waals surface area contributed by atoms with Crippen LogP contribution in [0.4, 0.5) is 5.82 Å². The van der Waals surface area contributed by atoms with E-state index in [1.807, 2.05) is 30.3 Å². The van der Waals surface area contributed by atoms with Crippen molar-refractivity contribution < 1.29 is 9.90 Å². The first-order valence-corrected chi connectivity index (χ1v) is 11.4. The highest BCUT2D eigenvalue weighted by Gasteiger charge is 2.44. The number of amides is 1. The molecule has 4 aliphatic heterocycles. The van der Waals surface area contributed by atoms with E-state index in [1.54, 1.807) is 4.90 Å². The van der Waals surface area contributed by atoms with Crippen molar-refractivity contribution in [2.24, 2.45) is 5.92 Å². The first kappa shape index (κ1) is 20.2. The van der Waals surface area contributed by atoms with Gasteiger partial charge in [-0.1, -0.05) is 42.2 Å². The Balaban J connectivity index is 1.48. The van der Waals surface area contributed by atoms with Gasteiger partial charge in [-0.2, -0.15) is 0 Å². The second-order valence-corrected chi connectivity index (χ2v) is 9.05. The number of fused-ring (bicyclic) bond motifs is 3. The molecule has 2 bridgehead atoms. The second kappa shape index (κ2) is 8.45. The third-order valence-electron chi connectivity index (χ3n) is 6.92. The Morgan fingerprint density at radius 2 is 1.87 bits per heavy atom. The van der Waals surface area contributed by atoms with Crippen molar-refractivity contribution >= 4 is 11.7 Å². The number of benzene rings is 1. The van der Waals surface area contributed by atoms with E-state index >= 15 is 0 Å². The van der Waals surface area contributed by atoms with Gasteiger partial charge in [0.25, 0.3) is 0 Å². The van der Waals surface area contributed by atoms with Crippen LogP contribution in [0.3, 0.4) is 0 Å². The lowest BCUT2D eigenvalue weighted by Gasteiger charge is -2.47. The lowest BCUT2D eigenvalue weighted by Crippen LogP contribution is -2.58. The topological polar surface area (TPSA) is 56.7 Å². The highest BCUT2D eigenvalue weighted by atomic mass is 16.3. The molecule has 0 saturated carbocycles. The van der Waals surface area contributed by atoms with E-state index in [4.69, 9.17) is 4.98 Å². The molecule has 4 saturated heterocycles. The maximum atomic E-state index is 12.4. The van der Waals surface area contributed by atoms with Gasteiger partial charge in [-0.25, -0.2) is 4.98 Å². The third-order valence-corrected chi connectivity index (χ3v) is 6.92. The molecule has 1 atom stereocenters. The van der Waals surface area contributed by atoms with Gasteiger partial charge in [0.2, 0.25) is 5.91 Å². The molecule has 5 nitrogen and oxygen atoms in total. The molecular formula is C26H29N3O2. The van der Waals surface area contributed by atoms with Crippen LogP contribution in [0.2, 0.25) is 0 Å². The summed E-state index contributed by atoms with van der Waals surface area (Å²) >= 11 is 0. The Morgan fingerprint density at radius 3 is 2.58 bits per heavy atom. The van der Waals surface area contributed by atoms with Crippen LogP contribution in [0, 0.1) is 17.8 Å². The minimum atomic E-state index is -0.942. The first-order valence-electron chi connectivity index (χ1n) is 11.4. The van der Waals surface area contributed by atoms with Gasteiger partial charge in [-0.15, -0.1) is 0 Å². The molecule has 6 rings (SSSR count). The molecule has 5 heteroatoms. The van der Waals surface area contributed by atoms with Gasteiger partial charge in [-0.3, -0.25) is 14.6 Å². The van der Waals surface area contributed by atoms with Crippen molar-refractivity contribution in [1.29, 1.82) is 0 Å². The summed E-state index contributed by atoms with van der Waals surface area (Å²) < 4.78 is 0. The van der Waals surface area contributed by atoms with Crippen LogP contribution in [-0.2, 0) is 11.2 Å². The zero-order chi connectivity index (χ0) is 21.3. The first-order chi connectivity index (χ1) is 15.1. The van der Waals surface area contributed by atoms with Crippen molar-refractivity contribution in [3.8, 4) is 11.8 Å². The number of carbonyl (C=O) groups is 1. The summed E-state index contributed by atoms with van der Waals surface area (Å²) in [5.41, 5.74) is 1.91. The molecule has 31 heavy (non-hydrogen) atoms. The molecule has 5 heterocycles. The average Bonchev–Trinajstić information content (AvgIpc) is 2.80. The van der Waals surface area contributed by atoms with Gasteiger partial charge in [0.05, 0.1) is 5.69 Å². The van der Waals surface area contributed by atoms with Crippen molar-refractivity contribution in [3.05, 3.63) is 59.3 Å². The number of pyridine rings is 1. The Hall–Kier alpha value is -2.68. The largest absolute Gasteiger partial charge is 0.376 e. The molecule has 0 radical (unpaired) electrons. The number of piperidine rings is 4. The summed E-state index contributed by atoms with van der Waals surface area (Å²) in [4.78, 5) is 21.4. The van der Waals surface area contributed by atoms with Crippen molar-refractivity contribution in [3.63, 3.8) is 0 Å². The molecule has 1 aromatic carbocycles. The Labute approximate surface area is 184 Å². The second-order valence-electron chi connectivity index (χ2n) is 9.05. The maximum absolute atomic E-state index is 12.4. The number of hydrogen-bond acceptors (Lipinski definition) is 4. The van der Waals surface area contributed by atoms with E-state index in [-0.39, 0.29) is 11.8 Å². The van der Waals surface area contributed by atoms with Crippen LogP contribution < -0.4 is 4.90 Å². The molecular weight excluding hydrogens is 386 g/mol. The molecule has 0 unspecified atom stereocenters. The minimum absolute atomic E-state index is 0.143. The highest BCUT2D eigenvalue weighted by molar-refractivity contribution is 5.93. The molecule has 4 aliphatic rings. The maximum Gasteiger partial charge on any atom is 0.228 e. The predicted octanol–water partition coefficient (Wildman–Crippen LogP) is 3.00. The molecule has 1 amide bonds. The van der Waals surface area contributed by atoms with Crippen LogP contribution >= 0.6 is 0 Å². The number of hydrogen-bond donors (Lipinski definition) is 1. The number of aliphatic hydroxyl groups is 1. The summed E-state index contributed by atoms with van der Waals surface area (Å²) in [5.74, 6) is 7.61. The van der Waals surface area contributed by atoms with Crippen molar-refractivity contribution in [2.75, 3.05) is 31.1 Å². The number of nitrogens with zero attached hydrogens (tertiary/aromatic N) is 3. The fourth-order valence-electron chi connectivity index (χ4n) is 5.08. The normalized spacial score (nSPS) is 27.6. The number of rotatable bonds is 3. The van der Waals surface area contributed by atoms with Gasteiger partial charge in [0.1, 0.15) is 11.4 Å². The van der Waals surface area contributed by atoms with E-state index in [0.717, 1.165) is 62.1 Å². The summed E-state index contributed by atoms with van der Waals surface area (Å²) in [6, 6.07) is 14.1. The zero-order valence-electron chi connectivity index (χ0n) is 17.9. The zero-order valence-corrected chi connectivity index (χ0v) is 17.9. The lowest BCUT2D eigenvalue weighted by atomic mass is 9.75. The van der Waals surface area contributed by atoms with Crippen LogP contribution in [0.5, 0.6) is 0 Å². The van der Waals surface area contributed by atoms with E-state index in [0.29, 0.717) is 25.2 Å². The molecule has 2 aromatic rings. The average molecular weight is 416 g/mol. The van der Waals surface area contributed by atoms with E-state index in [1.165, 1.54) is 0 Å². The molecule has 1 aromatic heterocycles. The molecule has 0 spiro atoms. The summed E-state index contributed by atoms with van der Waals surface area (Å²) in [7, 11) is 0. The van der Waals surface area contributed by atoms with Gasteiger partial charge < -0.3 is 5.11 Å². The van der Waals surface area contributed by atoms with Crippen LogP contribution in [0.15, 0.2) is 42.5 Å². The Bertz CT molecular complexity index is 1020. The fourth-order valence-corrected chi connectivity index (χ4v) is 5.08. The SMILES string of the molecule is O=C1CCCCN1c1ccc(C#C[C@@]2(O)CN3CCC2CC3)c(Cc2ccccc2)n1. The monoisotopic (exact) mass is 415 g/mol. The summed E-state index contributed by atoms with van der Waals surface area (Å²) in [6.07, 6.45) is 5.21. The van der Waals surface area contributed by atoms with Gasteiger partial charge >= 0.3 is 0 Å². The number of carbonyl (C=O) groups excluding carboxylic acids is 1. The van der Waals surface area contributed by atoms with Gasteiger partial charge in [0.15, 0.2) is 0 Å². The molecule has 1 N–H and O–H groups in total. The van der Waals surface area contributed by atoms with E-state index in [9.17, 15) is 9.90 Å². The van der Waals surface area contributed by atoms with Gasteiger partial charge in [-0.05, 0) is 56.5 Å². The van der Waals surface area contributed by atoms with Crippen LogP contribution in [0.1, 0.15) is 48.9 Å². The van der Waals surface area contributed by atoms with Crippen LogP contribution in [-0.4, -0.2) is 52.7 Å². The van der Waals surface area contributed by atoms with Gasteiger partial charge in [0, 0.05) is 37.4 Å². The lowest BCUT2D eigenvalue weighted by molar-refractivity contribution is -0.119. The Kier molecular flexibility index (Phi) is 5.52. The van der Waals surface area contributed by atoms with Crippen LogP contribution in [0.25, 0.3) is 0 Å². The summed E-state index contributed by atoms with van der Waals surface area (Å²) in [6.45, 7) is 3.48. The van der Waals surface area contributed by atoms with Crippen molar-refractivity contribution in [2.45, 2.75) is 44.1 Å². The standard InChI is InChI=1S/C26H29N3O2/c30-25-8-4-5-15-29(25)24-10-9-21(23(27-24)18-20-6-2-1-3-7-20)11-14-26(31)19-28-16-12-22(26)13-17-28/h1-3,6-7,9-10,22,31H,4-5,8,12-13,15-19H2/t26-/m1/s1. The molecule has 160 valence electrons. The fraction of sp³-hybridized carbons (Fsp3) is 0.462. The van der Waals surface area contributed by atoms with E-state index in [2.05, 4.69) is 28.9 Å². The van der Waals surface area contributed by atoms with Crippen molar-refractivity contribution in [1.82, 2.24) is 9.88 Å². The molecule has 0 aliphatic carbocycles. The smallest absolute Gasteiger partial charge is 0.228 e. The Morgan fingerprint density at radius 1 is 1.06 bits per heavy atom.